The standard InChI is InChI=1S/C16H16F2N2O2S/c17-16(18)22-12-3-1-11(2-4-12)13-5-6-14(23-13)15(21)20-9-10-7-19-8-10/h1-6,10,16,19H,7-9H2,(H,20,21). The number of benzene rings is 1. The van der Waals surface area contributed by atoms with Gasteiger partial charge in [-0.1, -0.05) is 0 Å². The molecule has 0 saturated carbocycles. The van der Waals surface area contributed by atoms with Gasteiger partial charge in [-0.3, -0.25) is 4.79 Å². The average molecular weight is 338 g/mol. The van der Waals surface area contributed by atoms with Crippen molar-refractivity contribution in [2.75, 3.05) is 19.6 Å². The van der Waals surface area contributed by atoms with E-state index in [0.29, 0.717) is 17.3 Å². The molecule has 0 radical (unpaired) electrons. The number of nitrogens with one attached hydrogen (secondary N) is 2. The number of hydrogen-bond donors (Lipinski definition) is 2. The van der Waals surface area contributed by atoms with Gasteiger partial charge in [-0.15, -0.1) is 11.3 Å². The number of amides is 1. The number of alkyl halides is 2. The van der Waals surface area contributed by atoms with Crippen molar-refractivity contribution in [2.24, 2.45) is 5.92 Å². The van der Waals surface area contributed by atoms with Gasteiger partial charge in [0.25, 0.3) is 5.91 Å². The molecule has 2 aromatic rings. The Morgan fingerprint density at radius 2 is 2.00 bits per heavy atom. The first-order valence-electron chi connectivity index (χ1n) is 7.26. The van der Waals surface area contributed by atoms with Gasteiger partial charge in [0.2, 0.25) is 0 Å². The Hall–Kier alpha value is -1.99. The fourth-order valence-corrected chi connectivity index (χ4v) is 3.16. The predicted molar refractivity (Wildman–Crippen MR) is 85.1 cm³/mol. The average Bonchev–Trinajstić information content (AvgIpc) is 2.95. The van der Waals surface area contributed by atoms with Gasteiger partial charge in [-0.2, -0.15) is 8.78 Å². The van der Waals surface area contributed by atoms with Gasteiger partial charge in [0.1, 0.15) is 5.75 Å². The minimum atomic E-state index is -2.83. The molecule has 1 aromatic carbocycles. The summed E-state index contributed by atoms with van der Waals surface area (Å²) in [4.78, 5) is 13.6. The lowest BCUT2D eigenvalue weighted by Crippen LogP contribution is -2.48. The van der Waals surface area contributed by atoms with Gasteiger partial charge >= 0.3 is 6.61 Å². The van der Waals surface area contributed by atoms with Crippen LogP contribution in [0.15, 0.2) is 36.4 Å². The number of thiophene rings is 1. The second-order valence-corrected chi connectivity index (χ2v) is 6.38. The Kier molecular flexibility index (Phi) is 4.88. The summed E-state index contributed by atoms with van der Waals surface area (Å²) < 4.78 is 28.6. The second kappa shape index (κ2) is 7.06. The highest BCUT2D eigenvalue weighted by molar-refractivity contribution is 7.17. The molecular weight excluding hydrogens is 322 g/mol. The highest BCUT2D eigenvalue weighted by Gasteiger charge is 2.18. The van der Waals surface area contributed by atoms with Crippen LogP contribution in [-0.2, 0) is 0 Å². The van der Waals surface area contributed by atoms with E-state index < -0.39 is 6.61 Å². The van der Waals surface area contributed by atoms with Crippen LogP contribution in [0.2, 0.25) is 0 Å². The SMILES string of the molecule is O=C(NCC1CNC1)c1ccc(-c2ccc(OC(F)F)cc2)s1. The molecule has 1 saturated heterocycles. The Balaban J connectivity index is 1.62. The Morgan fingerprint density at radius 3 is 2.61 bits per heavy atom. The molecule has 2 heterocycles. The normalized spacial score (nSPS) is 14.6. The van der Waals surface area contributed by atoms with Crippen molar-refractivity contribution >= 4 is 17.2 Å². The molecule has 0 bridgehead atoms. The van der Waals surface area contributed by atoms with Crippen molar-refractivity contribution < 1.29 is 18.3 Å². The van der Waals surface area contributed by atoms with Gasteiger partial charge in [0, 0.05) is 30.4 Å². The summed E-state index contributed by atoms with van der Waals surface area (Å²) in [6.45, 7) is -0.256. The van der Waals surface area contributed by atoms with E-state index in [9.17, 15) is 13.6 Å². The van der Waals surface area contributed by atoms with Crippen LogP contribution in [-0.4, -0.2) is 32.2 Å². The molecule has 3 rings (SSSR count). The first-order valence-corrected chi connectivity index (χ1v) is 8.07. The van der Waals surface area contributed by atoms with Crippen LogP contribution in [0.1, 0.15) is 9.67 Å². The van der Waals surface area contributed by atoms with E-state index in [4.69, 9.17) is 0 Å². The quantitative estimate of drug-likeness (QED) is 0.851. The van der Waals surface area contributed by atoms with Crippen LogP contribution < -0.4 is 15.4 Å². The minimum Gasteiger partial charge on any atom is -0.435 e. The first-order chi connectivity index (χ1) is 11.1. The summed E-state index contributed by atoms with van der Waals surface area (Å²) in [6, 6.07) is 10.0. The van der Waals surface area contributed by atoms with Crippen molar-refractivity contribution in [2.45, 2.75) is 6.61 Å². The van der Waals surface area contributed by atoms with Crippen LogP contribution in [0, 0.1) is 5.92 Å². The number of halogens is 2. The highest BCUT2D eigenvalue weighted by Crippen LogP contribution is 2.29. The number of rotatable bonds is 6. The number of carbonyl (C=O) groups excluding carboxylic acids is 1. The molecule has 23 heavy (non-hydrogen) atoms. The fourth-order valence-electron chi connectivity index (χ4n) is 2.23. The van der Waals surface area contributed by atoms with Crippen molar-refractivity contribution in [1.29, 1.82) is 0 Å². The van der Waals surface area contributed by atoms with E-state index in [1.807, 2.05) is 6.07 Å². The third-order valence-electron chi connectivity index (χ3n) is 3.61. The molecule has 7 heteroatoms. The molecule has 1 aromatic heterocycles. The molecule has 4 nitrogen and oxygen atoms in total. The lowest BCUT2D eigenvalue weighted by atomic mass is 10.0. The molecule has 0 atom stereocenters. The maximum absolute atomic E-state index is 12.1. The molecule has 1 aliphatic heterocycles. The van der Waals surface area contributed by atoms with Gasteiger partial charge in [-0.05, 0) is 42.0 Å². The van der Waals surface area contributed by atoms with Crippen molar-refractivity contribution in [1.82, 2.24) is 10.6 Å². The summed E-state index contributed by atoms with van der Waals surface area (Å²) in [7, 11) is 0. The third-order valence-corrected chi connectivity index (χ3v) is 4.74. The summed E-state index contributed by atoms with van der Waals surface area (Å²) in [5.41, 5.74) is 0.860. The largest absolute Gasteiger partial charge is 0.435 e. The fraction of sp³-hybridized carbons (Fsp3) is 0.312. The molecule has 1 aliphatic rings. The van der Waals surface area contributed by atoms with Crippen LogP contribution in [0.25, 0.3) is 10.4 Å². The first kappa shape index (κ1) is 15.9. The van der Waals surface area contributed by atoms with E-state index in [1.165, 1.54) is 23.5 Å². The lowest BCUT2D eigenvalue weighted by Gasteiger charge is -2.26. The van der Waals surface area contributed by atoms with E-state index >= 15 is 0 Å². The molecule has 0 unspecified atom stereocenters. The van der Waals surface area contributed by atoms with Gasteiger partial charge in [-0.25, -0.2) is 0 Å². The maximum atomic E-state index is 12.1. The number of ether oxygens (including phenoxy) is 1. The zero-order chi connectivity index (χ0) is 16.2. The van der Waals surface area contributed by atoms with E-state index in [2.05, 4.69) is 15.4 Å². The zero-order valence-electron chi connectivity index (χ0n) is 12.2. The van der Waals surface area contributed by atoms with E-state index in [0.717, 1.165) is 23.5 Å². The van der Waals surface area contributed by atoms with Crippen LogP contribution in [0.4, 0.5) is 8.78 Å². The number of carbonyl (C=O) groups is 1. The van der Waals surface area contributed by atoms with Gasteiger partial charge in [0.15, 0.2) is 0 Å². The molecule has 2 N–H and O–H groups in total. The third kappa shape index (κ3) is 4.05. The van der Waals surface area contributed by atoms with Crippen molar-refractivity contribution in [3.8, 4) is 16.2 Å². The van der Waals surface area contributed by atoms with E-state index in [1.54, 1.807) is 18.2 Å². The molecule has 0 aliphatic carbocycles. The van der Waals surface area contributed by atoms with Gasteiger partial charge in [0.05, 0.1) is 4.88 Å². The molecular formula is C16H16F2N2O2S. The van der Waals surface area contributed by atoms with E-state index in [-0.39, 0.29) is 11.7 Å². The predicted octanol–water partition coefficient (Wildman–Crippen LogP) is 2.97. The van der Waals surface area contributed by atoms with Gasteiger partial charge < -0.3 is 15.4 Å². The lowest BCUT2D eigenvalue weighted by molar-refractivity contribution is -0.0498. The summed E-state index contributed by atoms with van der Waals surface area (Å²) >= 11 is 1.37. The Bertz CT molecular complexity index is 669. The molecule has 122 valence electrons. The zero-order valence-corrected chi connectivity index (χ0v) is 13.0. The molecule has 0 spiro atoms. The molecule has 1 amide bonds. The Morgan fingerprint density at radius 1 is 1.26 bits per heavy atom. The number of hydrogen-bond acceptors (Lipinski definition) is 4. The monoisotopic (exact) mass is 338 g/mol. The summed E-state index contributed by atoms with van der Waals surface area (Å²) in [5.74, 6) is 0.555. The van der Waals surface area contributed by atoms with Crippen LogP contribution in [0.3, 0.4) is 0 Å². The smallest absolute Gasteiger partial charge is 0.387 e. The maximum Gasteiger partial charge on any atom is 0.387 e. The highest BCUT2D eigenvalue weighted by atomic mass is 32.1. The van der Waals surface area contributed by atoms with Crippen molar-refractivity contribution in [3.63, 3.8) is 0 Å². The van der Waals surface area contributed by atoms with Crippen molar-refractivity contribution in [3.05, 3.63) is 41.3 Å². The van der Waals surface area contributed by atoms with Crippen LogP contribution >= 0.6 is 11.3 Å². The molecule has 1 fully saturated rings. The Labute approximate surface area is 136 Å². The minimum absolute atomic E-state index is 0.0780. The topological polar surface area (TPSA) is 50.4 Å². The van der Waals surface area contributed by atoms with Crippen LogP contribution in [0.5, 0.6) is 5.75 Å². The summed E-state index contributed by atoms with van der Waals surface area (Å²) in [6.07, 6.45) is 0. The second-order valence-electron chi connectivity index (χ2n) is 5.30. The summed E-state index contributed by atoms with van der Waals surface area (Å²) in [5, 5.41) is 6.09.